The van der Waals surface area contributed by atoms with E-state index in [0.29, 0.717) is 37.3 Å². The van der Waals surface area contributed by atoms with Crippen molar-refractivity contribution in [1.82, 2.24) is 4.31 Å². The second-order valence-electron chi connectivity index (χ2n) is 11.6. The number of hydrogen-bond donors (Lipinski definition) is 2. The summed E-state index contributed by atoms with van der Waals surface area (Å²) in [5, 5.41) is 3.33. The van der Waals surface area contributed by atoms with Gasteiger partial charge in [0, 0.05) is 60.9 Å². The highest BCUT2D eigenvalue weighted by Gasteiger charge is 2.31. The molecule has 1 saturated heterocycles. The van der Waals surface area contributed by atoms with Crippen LogP contribution in [-0.2, 0) is 34.4 Å². The van der Waals surface area contributed by atoms with Gasteiger partial charge in [0.25, 0.3) is 10.0 Å². The molecular formula is C33H36N4O7S2. The summed E-state index contributed by atoms with van der Waals surface area (Å²) in [6, 6.07) is 25.1. The standard InChI is InChI=1S/C33H36N4O7S2/c1-24(38)44-23-33(2,3)32(39)34-25-15-17-26(18-16-25)35-45(40,41)30-13-7-12-29-28(30)11-8-14-31(29)46(42,43)37-21-19-36(20-22-37)27-9-5-4-6-10-27/h4-18,35H,19-23H2,1-3H3,(H,34,39). The van der Waals surface area contributed by atoms with Crippen LogP contribution in [0.2, 0.25) is 0 Å². The Labute approximate surface area is 269 Å². The first kappa shape index (κ1) is 32.9. The molecule has 4 aromatic rings. The Hall–Kier alpha value is -4.46. The summed E-state index contributed by atoms with van der Waals surface area (Å²) in [6.07, 6.45) is 0. The van der Waals surface area contributed by atoms with Crippen molar-refractivity contribution >= 4 is 59.8 Å². The van der Waals surface area contributed by atoms with Gasteiger partial charge in [0.05, 0.1) is 15.2 Å². The molecule has 1 aliphatic rings. The molecule has 1 aliphatic heterocycles. The van der Waals surface area contributed by atoms with E-state index in [-0.39, 0.29) is 33.4 Å². The average Bonchev–Trinajstić information content (AvgIpc) is 3.04. The molecule has 1 amide bonds. The van der Waals surface area contributed by atoms with E-state index in [0.717, 1.165) is 5.69 Å². The number of nitrogens with zero attached hydrogens (tertiary/aromatic N) is 2. The maximum absolute atomic E-state index is 13.8. The molecule has 0 aliphatic carbocycles. The fourth-order valence-corrected chi connectivity index (χ4v) is 8.07. The van der Waals surface area contributed by atoms with Gasteiger partial charge in [-0.15, -0.1) is 0 Å². The predicted molar refractivity (Wildman–Crippen MR) is 178 cm³/mol. The van der Waals surface area contributed by atoms with Crippen LogP contribution >= 0.6 is 0 Å². The first-order valence-electron chi connectivity index (χ1n) is 14.7. The first-order valence-corrected chi connectivity index (χ1v) is 17.6. The van der Waals surface area contributed by atoms with E-state index in [4.69, 9.17) is 4.74 Å². The molecule has 0 saturated carbocycles. The van der Waals surface area contributed by atoms with Crippen molar-refractivity contribution in [2.45, 2.75) is 30.6 Å². The summed E-state index contributed by atoms with van der Waals surface area (Å²) in [4.78, 5) is 25.9. The molecule has 0 spiro atoms. The molecule has 1 heterocycles. The van der Waals surface area contributed by atoms with E-state index in [1.807, 2.05) is 30.3 Å². The molecule has 0 unspecified atom stereocenters. The highest BCUT2D eigenvalue weighted by molar-refractivity contribution is 7.93. The minimum Gasteiger partial charge on any atom is -0.465 e. The molecule has 1 fully saturated rings. The van der Waals surface area contributed by atoms with E-state index in [2.05, 4.69) is 14.9 Å². The number of ether oxygens (including phenoxy) is 1. The molecule has 5 rings (SSSR count). The first-order chi connectivity index (χ1) is 21.8. The summed E-state index contributed by atoms with van der Waals surface area (Å²) in [5.41, 5.74) is 0.720. The van der Waals surface area contributed by atoms with Crippen molar-refractivity contribution in [3.63, 3.8) is 0 Å². The zero-order chi connectivity index (χ0) is 33.1. The van der Waals surface area contributed by atoms with Crippen molar-refractivity contribution in [2.24, 2.45) is 5.41 Å². The van der Waals surface area contributed by atoms with Gasteiger partial charge in [-0.25, -0.2) is 16.8 Å². The minimum absolute atomic E-state index is 0.0481. The van der Waals surface area contributed by atoms with E-state index in [1.54, 1.807) is 44.2 Å². The fraction of sp³-hybridized carbons (Fsp3) is 0.273. The second-order valence-corrected chi connectivity index (χ2v) is 15.2. The van der Waals surface area contributed by atoms with Crippen molar-refractivity contribution in [2.75, 3.05) is 47.7 Å². The number of anilines is 3. The van der Waals surface area contributed by atoms with E-state index in [1.165, 1.54) is 41.6 Å². The van der Waals surface area contributed by atoms with Crippen molar-refractivity contribution in [1.29, 1.82) is 0 Å². The Morgan fingerprint density at radius 1 is 0.739 bits per heavy atom. The van der Waals surface area contributed by atoms with Gasteiger partial charge in [-0.2, -0.15) is 4.31 Å². The lowest BCUT2D eigenvalue weighted by Crippen LogP contribution is -2.48. The van der Waals surface area contributed by atoms with Crippen LogP contribution in [0.5, 0.6) is 0 Å². The average molecular weight is 665 g/mol. The van der Waals surface area contributed by atoms with Crippen LogP contribution in [-0.4, -0.2) is 65.8 Å². The summed E-state index contributed by atoms with van der Waals surface area (Å²) in [7, 11) is -8.06. The minimum atomic E-state index is -4.14. The van der Waals surface area contributed by atoms with E-state index < -0.39 is 31.4 Å². The Balaban J connectivity index is 1.33. The number of esters is 1. The Bertz CT molecular complexity index is 1960. The number of nitrogens with one attached hydrogen (secondary N) is 2. The molecule has 4 aromatic carbocycles. The maximum atomic E-state index is 13.8. The van der Waals surface area contributed by atoms with Gasteiger partial charge in [-0.1, -0.05) is 42.5 Å². The number of amides is 1. The molecule has 0 aromatic heterocycles. The molecule has 0 bridgehead atoms. The van der Waals surface area contributed by atoms with Crippen LogP contribution < -0.4 is 14.9 Å². The monoisotopic (exact) mass is 664 g/mol. The normalized spacial score (nSPS) is 14.5. The molecule has 46 heavy (non-hydrogen) atoms. The molecule has 0 radical (unpaired) electrons. The maximum Gasteiger partial charge on any atom is 0.302 e. The number of piperazine rings is 1. The van der Waals surface area contributed by atoms with Gasteiger partial charge in [-0.3, -0.25) is 14.3 Å². The predicted octanol–water partition coefficient (Wildman–Crippen LogP) is 4.68. The zero-order valence-corrected chi connectivity index (χ0v) is 27.4. The van der Waals surface area contributed by atoms with Gasteiger partial charge in [-0.05, 0) is 62.4 Å². The lowest BCUT2D eigenvalue weighted by atomic mass is 9.93. The fourth-order valence-electron chi connectivity index (χ4n) is 5.16. The van der Waals surface area contributed by atoms with Gasteiger partial charge in [0.15, 0.2) is 0 Å². The number of rotatable bonds is 10. The second kappa shape index (κ2) is 13.1. The van der Waals surface area contributed by atoms with Gasteiger partial charge >= 0.3 is 5.97 Å². The highest BCUT2D eigenvalue weighted by Crippen LogP contribution is 2.32. The van der Waals surface area contributed by atoms with Crippen LogP contribution in [0.3, 0.4) is 0 Å². The van der Waals surface area contributed by atoms with E-state index >= 15 is 0 Å². The topological polar surface area (TPSA) is 142 Å². The molecule has 242 valence electrons. The number of sulfonamides is 2. The quantitative estimate of drug-likeness (QED) is 0.233. The van der Waals surface area contributed by atoms with Gasteiger partial charge < -0.3 is 15.0 Å². The molecule has 13 heteroatoms. The molecular weight excluding hydrogens is 629 g/mol. The molecule has 0 atom stereocenters. The molecule has 11 nitrogen and oxygen atoms in total. The Morgan fingerprint density at radius 3 is 1.91 bits per heavy atom. The summed E-state index contributed by atoms with van der Waals surface area (Å²) < 4.78 is 63.8. The van der Waals surface area contributed by atoms with Crippen molar-refractivity contribution < 1.29 is 31.2 Å². The van der Waals surface area contributed by atoms with Gasteiger partial charge in [0.2, 0.25) is 15.9 Å². The highest BCUT2D eigenvalue weighted by atomic mass is 32.2. The Kier molecular flexibility index (Phi) is 9.38. The lowest BCUT2D eigenvalue weighted by Gasteiger charge is -2.35. The van der Waals surface area contributed by atoms with Crippen molar-refractivity contribution in [3.05, 3.63) is 91.0 Å². The van der Waals surface area contributed by atoms with Crippen LogP contribution in [0.15, 0.2) is 101 Å². The van der Waals surface area contributed by atoms with Crippen LogP contribution in [0.1, 0.15) is 20.8 Å². The smallest absolute Gasteiger partial charge is 0.302 e. The summed E-state index contributed by atoms with van der Waals surface area (Å²) in [6.45, 7) is 6.12. The number of fused-ring (bicyclic) bond motifs is 1. The van der Waals surface area contributed by atoms with Crippen molar-refractivity contribution in [3.8, 4) is 0 Å². The number of carbonyl (C=O) groups is 2. The third-order valence-electron chi connectivity index (χ3n) is 7.76. The number of benzene rings is 4. The largest absolute Gasteiger partial charge is 0.465 e. The van der Waals surface area contributed by atoms with Crippen LogP contribution in [0, 0.1) is 5.41 Å². The van der Waals surface area contributed by atoms with Crippen LogP contribution in [0.4, 0.5) is 17.1 Å². The van der Waals surface area contributed by atoms with Crippen LogP contribution in [0.25, 0.3) is 10.8 Å². The summed E-state index contributed by atoms with van der Waals surface area (Å²) >= 11 is 0. The SMILES string of the molecule is CC(=O)OCC(C)(C)C(=O)Nc1ccc(NS(=O)(=O)c2cccc3c(S(=O)(=O)N4CCN(c5ccccc5)CC4)cccc23)cc1. The third-order valence-corrected chi connectivity index (χ3v) is 11.2. The number of hydrogen-bond acceptors (Lipinski definition) is 8. The molecule has 2 N–H and O–H groups in total. The van der Waals surface area contributed by atoms with Gasteiger partial charge in [0.1, 0.15) is 6.61 Å². The number of para-hydroxylation sites is 1. The lowest BCUT2D eigenvalue weighted by molar-refractivity contribution is -0.146. The van der Waals surface area contributed by atoms with E-state index in [9.17, 15) is 26.4 Å². The Morgan fingerprint density at radius 2 is 1.30 bits per heavy atom. The number of carbonyl (C=O) groups excluding carboxylic acids is 2. The zero-order valence-electron chi connectivity index (χ0n) is 25.8. The third kappa shape index (κ3) is 7.16. The summed E-state index contributed by atoms with van der Waals surface area (Å²) in [5.74, 6) is -0.860.